The maximum absolute atomic E-state index is 12.0. The summed E-state index contributed by atoms with van der Waals surface area (Å²) in [7, 11) is 2.06. The van der Waals surface area contributed by atoms with E-state index in [1.807, 2.05) is 18.2 Å². The molecule has 140 valence electrons. The van der Waals surface area contributed by atoms with E-state index in [0.717, 1.165) is 19.5 Å². The van der Waals surface area contributed by atoms with Gasteiger partial charge in [0.05, 0.1) is 0 Å². The number of nitrogens with one attached hydrogen (secondary N) is 2. The number of carbonyl (C=O) groups is 2. The molecule has 0 aromatic heterocycles. The Kier molecular flexibility index (Phi) is 8.41. The lowest BCUT2D eigenvalue weighted by Crippen LogP contribution is -2.46. The van der Waals surface area contributed by atoms with Crippen LogP contribution >= 0.6 is 0 Å². The summed E-state index contributed by atoms with van der Waals surface area (Å²) in [5, 5.41) is 5.37. The minimum Gasteiger partial charge on any atom is -0.444 e. The highest BCUT2D eigenvalue weighted by Gasteiger charge is 2.20. The number of benzene rings is 1. The molecule has 1 rings (SSSR count). The largest absolute Gasteiger partial charge is 0.444 e. The Morgan fingerprint density at radius 1 is 1.20 bits per heavy atom. The fourth-order valence-electron chi connectivity index (χ4n) is 2.24. The third kappa shape index (κ3) is 9.72. The van der Waals surface area contributed by atoms with Crippen molar-refractivity contribution in [1.29, 1.82) is 0 Å². The highest BCUT2D eigenvalue weighted by atomic mass is 16.6. The predicted molar refractivity (Wildman–Crippen MR) is 99.2 cm³/mol. The second kappa shape index (κ2) is 10.0. The second-order valence-corrected chi connectivity index (χ2v) is 7.24. The highest BCUT2D eigenvalue weighted by molar-refractivity contribution is 5.85. The summed E-state index contributed by atoms with van der Waals surface area (Å²) in [5.74, 6) is -0.212. The van der Waals surface area contributed by atoms with Gasteiger partial charge in [0.15, 0.2) is 0 Å². The molecule has 0 spiro atoms. The fourth-order valence-corrected chi connectivity index (χ4v) is 2.24. The van der Waals surface area contributed by atoms with Gasteiger partial charge in [-0.15, -0.1) is 0 Å². The number of ether oxygens (including phenoxy) is 1. The van der Waals surface area contributed by atoms with Gasteiger partial charge in [-0.25, -0.2) is 4.79 Å². The monoisotopic (exact) mass is 349 g/mol. The van der Waals surface area contributed by atoms with Crippen LogP contribution in [0.25, 0.3) is 0 Å². The lowest BCUT2D eigenvalue weighted by Gasteiger charge is -2.22. The van der Waals surface area contributed by atoms with Gasteiger partial charge in [-0.3, -0.25) is 4.79 Å². The van der Waals surface area contributed by atoms with Crippen molar-refractivity contribution in [3.8, 4) is 0 Å². The molecule has 0 saturated heterocycles. The molecule has 0 fully saturated rings. The van der Waals surface area contributed by atoms with Gasteiger partial charge in [0.2, 0.25) is 5.91 Å². The Morgan fingerprint density at radius 2 is 1.84 bits per heavy atom. The van der Waals surface area contributed by atoms with Gasteiger partial charge >= 0.3 is 6.09 Å². The average Bonchev–Trinajstić information content (AvgIpc) is 2.50. The number of carbonyl (C=O) groups excluding carboxylic acids is 2. The average molecular weight is 349 g/mol. The van der Waals surface area contributed by atoms with E-state index in [4.69, 9.17) is 4.74 Å². The standard InChI is InChI=1S/C19H31N3O3/c1-15(21-18(24)25-19(2,3)4)17(23)20-12-9-13-22(5)14-16-10-7-6-8-11-16/h6-8,10-11,15H,9,12-14H2,1-5H3,(H,20,23)(H,21,24)/t15-/m1/s1. The number of hydrogen-bond donors (Lipinski definition) is 2. The van der Waals surface area contributed by atoms with Crippen LogP contribution in [0.1, 0.15) is 39.7 Å². The maximum Gasteiger partial charge on any atom is 0.408 e. The van der Waals surface area contributed by atoms with Crippen LogP contribution in [0.2, 0.25) is 0 Å². The first-order valence-electron chi connectivity index (χ1n) is 8.67. The van der Waals surface area contributed by atoms with Gasteiger partial charge in [-0.2, -0.15) is 0 Å². The van der Waals surface area contributed by atoms with Crippen molar-refractivity contribution in [2.24, 2.45) is 0 Å². The molecule has 0 unspecified atom stereocenters. The van der Waals surface area contributed by atoms with Crippen molar-refractivity contribution in [2.45, 2.75) is 52.3 Å². The van der Waals surface area contributed by atoms with Gasteiger partial charge in [-0.05, 0) is 53.3 Å². The summed E-state index contributed by atoms with van der Waals surface area (Å²) < 4.78 is 5.14. The Morgan fingerprint density at radius 3 is 2.44 bits per heavy atom. The van der Waals surface area contributed by atoms with E-state index < -0.39 is 17.7 Å². The van der Waals surface area contributed by atoms with Crippen LogP contribution < -0.4 is 10.6 Å². The fraction of sp³-hybridized carbons (Fsp3) is 0.579. The quantitative estimate of drug-likeness (QED) is 0.708. The van der Waals surface area contributed by atoms with E-state index in [0.29, 0.717) is 6.54 Å². The van der Waals surface area contributed by atoms with Crippen molar-refractivity contribution >= 4 is 12.0 Å². The molecule has 0 heterocycles. The molecule has 0 saturated carbocycles. The Balaban J connectivity index is 2.20. The summed E-state index contributed by atoms with van der Waals surface area (Å²) in [6.45, 7) is 9.31. The molecule has 0 radical (unpaired) electrons. The molecule has 25 heavy (non-hydrogen) atoms. The number of amides is 2. The van der Waals surface area contributed by atoms with Crippen molar-refractivity contribution in [3.63, 3.8) is 0 Å². The van der Waals surface area contributed by atoms with Crippen molar-refractivity contribution in [3.05, 3.63) is 35.9 Å². The van der Waals surface area contributed by atoms with Gasteiger partial charge in [0.1, 0.15) is 11.6 Å². The minimum atomic E-state index is -0.628. The molecule has 1 atom stereocenters. The smallest absolute Gasteiger partial charge is 0.408 e. The summed E-state index contributed by atoms with van der Waals surface area (Å²) in [6, 6.07) is 9.64. The second-order valence-electron chi connectivity index (χ2n) is 7.24. The lowest BCUT2D eigenvalue weighted by molar-refractivity contribution is -0.122. The van der Waals surface area contributed by atoms with Crippen LogP contribution in [0.3, 0.4) is 0 Å². The normalized spacial score (nSPS) is 12.6. The SMILES string of the molecule is C[C@@H](NC(=O)OC(C)(C)C)C(=O)NCCCN(C)Cc1ccccc1. The molecule has 6 heteroatoms. The molecule has 1 aromatic carbocycles. The molecule has 6 nitrogen and oxygen atoms in total. The molecule has 0 aliphatic heterocycles. The zero-order valence-electron chi connectivity index (χ0n) is 16.0. The van der Waals surface area contributed by atoms with Crippen LogP contribution in [0, 0.1) is 0 Å². The van der Waals surface area contributed by atoms with Crippen molar-refractivity contribution in [2.75, 3.05) is 20.1 Å². The maximum atomic E-state index is 12.0. The number of hydrogen-bond acceptors (Lipinski definition) is 4. The van der Waals surface area contributed by atoms with E-state index in [2.05, 4.69) is 34.7 Å². The Labute approximate surface area is 150 Å². The number of nitrogens with zero attached hydrogens (tertiary/aromatic N) is 1. The molecule has 2 N–H and O–H groups in total. The van der Waals surface area contributed by atoms with Crippen LogP contribution in [-0.4, -0.2) is 48.7 Å². The first-order chi connectivity index (χ1) is 11.7. The summed E-state index contributed by atoms with van der Waals surface area (Å²) in [6.07, 6.45) is 0.256. The lowest BCUT2D eigenvalue weighted by atomic mass is 10.2. The van der Waals surface area contributed by atoms with E-state index in [1.165, 1.54) is 5.56 Å². The molecular weight excluding hydrogens is 318 g/mol. The van der Waals surface area contributed by atoms with Crippen molar-refractivity contribution in [1.82, 2.24) is 15.5 Å². The Hall–Kier alpha value is -2.08. The van der Waals surface area contributed by atoms with Crippen LogP contribution in [0.15, 0.2) is 30.3 Å². The molecule has 2 amide bonds. The van der Waals surface area contributed by atoms with E-state index in [-0.39, 0.29) is 5.91 Å². The van der Waals surface area contributed by atoms with Crippen LogP contribution in [0.5, 0.6) is 0 Å². The third-order valence-electron chi connectivity index (χ3n) is 3.44. The van der Waals surface area contributed by atoms with E-state index in [1.54, 1.807) is 27.7 Å². The van der Waals surface area contributed by atoms with Crippen molar-refractivity contribution < 1.29 is 14.3 Å². The number of rotatable bonds is 8. The molecule has 0 bridgehead atoms. The highest BCUT2D eigenvalue weighted by Crippen LogP contribution is 2.06. The summed E-state index contributed by atoms with van der Waals surface area (Å²) in [4.78, 5) is 25.8. The van der Waals surface area contributed by atoms with Gasteiger partial charge in [0.25, 0.3) is 0 Å². The Bertz CT molecular complexity index is 541. The topological polar surface area (TPSA) is 70.7 Å². The molecular formula is C19H31N3O3. The third-order valence-corrected chi connectivity index (χ3v) is 3.44. The van der Waals surface area contributed by atoms with E-state index in [9.17, 15) is 9.59 Å². The molecule has 0 aliphatic carbocycles. The first-order valence-corrected chi connectivity index (χ1v) is 8.67. The zero-order chi connectivity index (χ0) is 18.9. The number of alkyl carbamates (subject to hydrolysis) is 1. The van der Waals surface area contributed by atoms with E-state index >= 15 is 0 Å². The van der Waals surface area contributed by atoms with Crippen LogP contribution in [0.4, 0.5) is 4.79 Å². The zero-order valence-corrected chi connectivity index (χ0v) is 16.0. The van der Waals surface area contributed by atoms with Gasteiger partial charge in [-0.1, -0.05) is 30.3 Å². The molecule has 0 aliphatic rings. The minimum absolute atomic E-state index is 0.212. The summed E-state index contributed by atoms with van der Waals surface area (Å²) in [5.41, 5.74) is 0.688. The summed E-state index contributed by atoms with van der Waals surface area (Å²) >= 11 is 0. The van der Waals surface area contributed by atoms with Gasteiger partial charge in [0, 0.05) is 13.1 Å². The first kappa shape index (κ1) is 21.0. The van der Waals surface area contributed by atoms with Crippen LogP contribution in [-0.2, 0) is 16.1 Å². The van der Waals surface area contributed by atoms with Gasteiger partial charge < -0.3 is 20.3 Å². The predicted octanol–water partition coefficient (Wildman–Crippen LogP) is 2.54. The molecule has 1 aromatic rings.